The number of carbonyl (C=O) groups excluding carboxylic acids is 3. The number of alkyl carbamates (subject to hydrolysis) is 1. The smallest absolute Gasteiger partial charge is 0.408 e. The van der Waals surface area contributed by atoms with Crippen molar-refractivity contribution in [3.05, 3.63) is 66.1 Å². The number of rotatable bonds is 5. The molecule has 1 saturated carbocycles. The lowest BCUT2D eigenvalue weighted by Gasteiger charge is -2.30. The minimum absolute atomic E-state index is 0.0868. The van der Waals surface area contributed by atoms with Gasteiger partial charge in [-0.3, -0.25) is 9.59 Å². The first-order chi connectivity index (χ1) is 22.9. The summed E-state index contributed by atoms with van der Waals surface area (Å²) in [6.07, 6.45) is 6.49. The molecule has 2 aliphatic heterocycles. The van der Waals surface area contributed by atoms with E-state index in [2.05, 4.69) is 16.7 Å². The molecule has 2 aromatic carbocycles. The normalized spacial score (nSPS) is 26.4. The molecule has 0 bridgehead atoms. The SMILES string of the molecule is CC(C)(C)OC(=O)N[C@H]1CCCCCC=C[C@@H]2C[C@@]2(C(=O)O)NC(=O)C2C[C@@H](Oc3cc4ccccc4cc3-c3cccs3)CN2C1=O. The van der Waals surface area contributed by atoms with Gasteiger partial charge in [0.15, 0.2) is 0 Å². The van der Waals surface area contributed by atoms with Crippen LogP contribution in [0.15, 0.2) is 66.1 Å². The number of carboxylic acids is 1. The van der Waals surface area contributed by atoms with Crippen molar-refractivity contribution in [1.82, 2.24) is 15.5 Å². The Labute approximate surface area is 284 Å². The molecule has 3 amide bonds. The Morgan fingerprint density at radius 2 is 1.83 bits per heavy atom. The molecule has 5 atom stereocenters. The van der Waals surface area contributed by atoms with Crippen LogP contribution in [-0.4, -0.2) is 69.8 Å². The third kappa shape index (κ3) is 7.36. The molecule has 3 aliphatic rings. The van der Waals surface area contributed by atoms with Crippen LogP contribution in [0.25, 0.3) is 21.2 Å². The maximum Gasteiger partial charge on any atom is 0.408 e. The maximum atomic E-state index is 14.3. The minimum Gasteiger partial charge on any atom is -0.488 e. The molecule has 0 spiro atoms. The number of amides is 3. The summed E-state index contributed by atoms with van der Waals surface area (Å²) in [6.45, 7) is 5.34. The number of carboxylic acid groups (broad SMARTS) is 1. The average molecular weight is 674 g/mol. The predicted octanol–water partition coefficient (Wildman–Crippen LogP) is 6.29. The summed E-state index contributed by atoms with van der Waals surface area (Å²) >= 11 is 1.59. The van der Waals surface area contributed by atoms with Gasteiger partial charge in [0, 0.05) is 22.8 Å². The molecule has 1 unspecified atom stereocenters. The number of thiophene rings is 1. The number of hydrogen-bond acceptors (Lipinski definition) is 7. The highest BCUT2D eigenvalue weighted by Gasteiger charge is 2.61. The van der Waals surface area contributed by atoms with Gasteiger partial charge in [0.1, 0.15) is 35.1 Å². The van der Waals surface area contributed by atoms with Gasteiger partial charge in [-0.15, -0.1) is 11.3 Å². The van der Waals surface area contributed by atoms with E-state index >= 15 is 0 Å². The van der Waals surface area contributed by atoms with Gasteiger partial charge in [-0.05, 0) is 80.8 Å². The molecule has 0 radical (unpaired) electrons. The summed E-state index contributed by atoms with van der Waals surface area (Å²) in [5.41, 5.74) is -1.27. The first-order valence-electron chi connectivity index (χ1n) is 16.7. The third-order valence-electron chi connectivity index (χ3n) is 9.24. The van der Waals surface area contributed by atoms with Crippen LogP contribution >= 0.6 is 11.3 Å². The van der Waals surface area contributed by atoms with Crippen molar-refractivity contribution in [1.29, 1.82) is 0 Å². The Balaban J connectivity index is 1.32. The zero-order chi connectivity index (χ0) is 34.1. The van der Waals surface area contributed by atoms with E-state index < -0.39 is 53.2 Å². The number of nitrogens with one attached hydrogen (secondary N) is 2. The summed E-state index contributed by atoms with van der Waals surface area (Å²) in [5, 5.41) is 19.8. The van der Waals surface area contributed by atoms with E-state index in [1.54, 1.807) is 32.1 Å². The lowest BCUT2D eigenvalue weighted by molar-refractivity contribution is -0.145. The molecule has 6 rings (SSSR count). The van der Waals surface area contributed by atoms with Gasteiger partial charge in [0.2, 0.25) is 11.8 Å². The highest BCUT2D eigenvalue weighted by Crippen LogP contribution is 2.45. The standard InChI is InChI=1S/C37H43N3O7S/c1-36(2,3)47-35(45)38-28-15-8-6-4-5-7-14-25-21-37(25,34(43)44)39-32(41)29-20-26(22-40(29)33(28)42)46-30-19-24-13-10-9-12-23(24)18-27(30)31-16-11-17-48-31/h7,9-14,16-19,25-26,28-29H,4-6,8,15,20-22H2,1-3H3,(H,38,45)(H,39,41)(H,43,44)/t25-,26-,28+,29?,37-/m1/s1. The fourth-order valence-corrected chi connectivity index (χ4v) is 7.46. The van der Waals surface area contributed by atoms with Crippen LogP contribution in [0.1, 0.15) is 65.7 Å². The van der Waals surface area contributed by atoms with Gasteiger partial charge in [0.25, 0.3) is 0 Å². The molecule has 10 nitrogen and oxygen atoms in total. The van der Waals surface area contributed by atoms with Crippen LogP contribution in [0.4, 0.5) is 4.79 Å². The summed E-state index contributed by atoms with van der Waals surface area (Å²) < 4.78 is 12.2. The maximum absolute atomic E-state index is 14.3. The van der Waals surface area contributed by atoms with Gasteiger partial charge in [-0.1, -0.05) is 55.3 Å². The van der Waals surface area contributed by atoms with E-state index in [1.165, 1.54) is 4.90 Å². The first-order valence-corrected chi connectivity index (χ1v) is 17.6. The number of nitrogens with zero attached hydrogens (tertiary/aromatic N) is 1. The van der Waals surface area contributed by atoms with Gasteiger partial charge in [-0.2, -0.15) is 0 Å². The van der Waals surface area contributed by atoms with E-state index in [0.29, 0.717) is 18.6 Å². The topological polar surface area (TPSA) is 134 Å². The molecule has 11 heteroatoms. The molecule has 48 heavy (non-hydrogen) atoms. The number of benzene rings is 2. The van der Waals surface area contributed by atoms with Crippen molar-refractivity contribution < 1.29 is 33.8 Å². The van der Waals surface area contributed by atoms with Gasteiger partial charge >= 0.3 is 12.1 Å². The van der Waals surface area contributed by atoms with Crippen molar-refractivity contribution in [3.63, 3.8) is 0 Å². The van der Waals surface area contributed by atoms with E-state index in [4.69, 9.17) is 9.47 Å². The molecule has 1 aliphatic carbocycles. The number of carbonyl (C=O) groups is 4. The zero-order valence-electron chi connectivity index (χ0n) is 27.6. The molecule has 254 valence electrons. The lowest BCUT2D eigenvalue weighted by atomic mass is 10.0. The molecule has 3 heterocycles. The molecule has 3 aromatic rings. The monoisotopic (exact) mass is 673 g/mol. The van der Waals surface area contributed by atoms with Crippen LogP contribution in [0.2, 0.25) is 0 Å². The van der Waals surface area contributed by atoms with Crippen molar-refractivity contribution in [2.45, 2.75) is 95.0 Å². The Morgan fingerprint density at radius 3 is 2.54 bits per heavy atom. The fraction of sp³-hybridized carbons (Fsp3) is 0.459. The molecule has 2 fully saturated rings. The van der Waals surface area contributed by atoms with Crippen LogP contribution < -0.4 is 15.4 Å². The van der Waals surface area contributed by atoms with E-state index in [9.17, 15) is 24.3 Å². The third-order valence-corrected chi connectivity index (χ3v) is 10.1. The Morgan fingerprint density at radius 1 is 1.06 bits per heavy atom. The second kappa shape index (κ2) is 13.6. The van der Waals surface area contributed by atoms with Crippen LogP contribution in [0.3, 0.4) is 0 Å². The second-order valence-electron chi connectivity index (χ2n) is 14.0. The number of aliphatic carboxylic acids is 1. The molecular weight excluding hydrogens is 630 g/mol. The largest absolute Gasteiger partial charge is 0.488 e. The van der Waals surface area contributed by atoms with Crippen molar-refractivity contribution in [2.75, 3.05) is 6.54 Å². The minimum atomic E-state index is -1.42. The average Bonchev–Trinajstić information content (AvgIpc) is 3.34. The Kier molecular flexibility index (Phi) is 9.51. The Bertz CT molecular complexity index is 1720. The van der Waals surface area contributed by atoms with Gasteiger partial charge < -0.3 is 30.1 Å². The summed E-state index contributed by atoms with van der Waals surface area (Å²) in [7, 11) is 0. The summed E-state index contributed by atoms with van der Waals surface area (Å²) in [6, 6.07) is 14.1. The lowest BCUT2D eigenvalue weighted by Crippen LogP contribution is -2.56. The molecule has 1 aromatic heterocycles. The fourth-order valence-electron chi connectivity index (χ4n) is 6.72. The van der Waals surface area contributed by atoms with Gasteiger partial charge in [0.05, 0.1) is 6.54 Å². The number of hydrogen-bond donors (Lipinski definition) is 3. The van der Waals surface area contributed by atoms with E-state index in [0.717, 1.165) is 40.5 Å². The van der Waals surface area contributed by atoms with Crippen LogP contribution in [0.5, 0.6) is 5.75 Å². The van der Waals surface area contributed by atoms with Crippen LogP contribution in [-0.2, 0) is 19.1 Å². The van der Waals surface area contributed by atoms with Gasteiger partial charge in [-0.25, -0.2) is 9.59 Å². The van der Waals surface area contributed by atoms with Crippen molar-refractivity contribution in [2.24, 2.45) is 5.92 Å². The number of allylic oxidation sites excluding steroid dienone is 1. The van der Waals surface area contributed by atoms with Crippen molar-refractivity contribution in [3.8, 4) is 16.2 Å². The number of fused-ring (bicyclic) bond motifs is 3. The van der Waals surface area contributed by atoms with Crippen LogP contribution in [0, 0.1) is 5.92 Å². The quantitative estimate of drug-likeness (QED) is 0.271. The second-order valence-corrected chi connectivity index (χ2v) is 14.9. The highest BCUT2D eigenvalue weighted by molar-refractivity contribution is 7.13. The zero-order valence-corrected chi connectivity index (χ0v) is 28.4. The molecule has 3 N–H and O–H groups in total. The molecule has 1 saturated heterocycles. The Hall–Kier alpha value is -4.38. The summed E-state index contributed by atoms with van der Waals surface area (Å²) in [4.78, 5) is 56.2. The first kappa shape index (κ1) is 33.5. The van der Waals surface area contributed by atoms with Crippen molar-refractivity contribution >= 4 is 46.0 Å². The predicted molar refractivity (Wildman–Crippen MR) is 184 cm³/mol. The molecular formula is C37H43N3O7S. The summed E-state index contributed by atoms with van der Waals surface area (Å²) in [5.74, 6) is -1.76. The van der Waals surface area contributed by atoms with E-state index in [1.807, 2.05) is 60.0 Å². The highest BCUT2D eigenvalue weighted by atomic mass is 32.1. The van der Waals surface area contributed by atoms with E-state index in [-0.39, 0.29) is 25.3 Å². The number of ether oxygens (including phenoxy) is 2.